The second kappa shape index (κ2) is 4.99. The topological polar surface area (TPSA) is 32.3 Å². The third kappa shape index (κ3) is 2.18. The van der Waals surface area contributed by atoms with Gasteiger partial charge in [0.2, 0.25) is 0 Å². The van der Waals surface area contributed by atoms with Crippen molar-refractivity contribution in [1.82, 2.24) is 10.2 Å². The molecule has 2 aromatic rings. The van der Waals surface area contributed by atoms with Gasteiger partial charge in [-0.3, -0.25) is 4.79 Å². The average molecular weight is 280 g/mol. The molecule has 1 aliphatic rings. The predicted molar refractivity (Wildman–Crippen MR) is 77.7 cm³/mol. The average Bonchev–Trinajstić information content (AvgIpc) is 2.99. The molecule has 3 nitrogen and oxygen atoms in total. The fraction of sp³-hybridized carbons (Fsp3) is 0.462. The van der Waals surface area contributed by atoms with Crippen LogP contribution >= 0.6 is 22.7 Å². The minimum absolute atomic E-state index is 0.176. The minimum atomic E-state index is 0.176. The molecule has 18 heavy (non-hydrogen) atoms. The lowest BCUT2D eigenvalue weighted by atomic mass is 10.1. The summed E-state index contributed by atoms with van der Waals surface area (Å²) in [7, 11) is 1.94. The molecule has 2 aromatic heterocycles. The van der Waals surface area contributed by atoms with Crippen LogP contribution in [0, 0.1) is 0 Å². The van der Waals surface area contributed by atoms with Crippen molar-refractivity contribution < 1.29 is 4.79 Å². The van der Waals surface area contributed by atoms with Gasteiger partial charge in [0.1, 0.15) is 0 Å². The van der Waals surface area contributed by atoms with E-state index in [4.69, 9.17) is 0 Å². The van der Waals surface area contributed by atoms with E-state index >= 15 is 0 Å². The number of fused-ring (bicyclic) bond motifs is 1. The fourth-order valence-corrected chi connectivity index (χ4v) is 4.50. The van der Waals surface area contributed by atoms with Crippen LogP contribution in [0.5, 0.6) is 0 Å². The molecule has 3 heterocycles. The van der Waals surface area contributed by atoms with Gasteiger partial charge < -0.3 is 10.2 Å². The summed E-state index contributed by atoms with van der Waals surface area (Å²) in [6.45, 7) is 2.03. The molecule has 96 valence electrons. The molecule has 1 saturated heterocycles. The molecule has 0 spiro atoms. The maximum Gasteiger partial charge on any atom is 0.263 e. The molecule has 0 aliphatic carbocycles. The van der Waals surface area contributed by atoms with Crippen LogP contribution in [0.1, 0.15) is 22.5 Å². The van der Waals surface area contributed by atoms with Crippen LogP contribution in [0.3, 0.4) is 0 Å². The van der Waals surface area contributed by atoms with E-state index in [0.29, 0.717) is 6.04 Å². The van der Waals surface area contributed by atoms with Gasteiger partial charge in [0.15, 0.2) is 0 Å². The minimum Gasteiger partial charge on any atom is -0.338 e. The number of rotatable bonds is 2. The highest BCUT2D eigenvalue weighted by Crippen LogP contribution is 2.31. The van der Waals surface area contributed by atoms with Crippen LogP contribution in [0.4, 0.5) is 0 Å². The number of nitrogens with one attached hydrogen (secondary N) is 1. The van der Waals surface area contributed by atoms with Crippen molar-refractivity contribution in [3.05, 3.63) is 22.4 Å². The first-order chi connectivity index (χ1) is 8.75. The molecule has 1 amide bonds. The van der Waals surface area contributed by atoms with E-state index in [-0.39, 0.29) is 5.91 Å². The third-order valence-corrected chi connectivity index (χ3v) is 5.61. The van der Waals surface area contributed by atoms with Crippen LogP contribution in [0.2, 0.25) is 0 Å². The monoisotopic (exact) mass is 280 g/mol. The van der Waals surface area contributed by atoms with Crippen molar-refractivity contribution in [2.45, 2.75) is 18.9 Å². The smallest absolute Gasteiger partial charge is 0.263 e. The molecule has 1 fully saturated rings. The van der Waals surface area contributed by atoms with Gasteiger partial charge in [0.25, 0.3) is 5.91 Å². The van der Waals surface area contributed by atoms with Gasteiger partial charge in [-0.1, -0.05) is 0 Å². The number of amides is 1. The Labute approximate surface area is 114 Å². The zero-order valence-electron chi connectivity index (χ0n) is 10.3. The van der Waals surface area contributed by atoms with E-state index in [9.17, 15) is 4.79 Å². The number of hydrogen-bond donors (Lipinski definition) is 1. The zero-order valence-corrected chi connectivity index (χ0v) is 11.9. The van der Waals surface area contributed by atoms with Gasteiger partial charge in [0.05, 0.1) is 4.88 Å². The highest BCUT2D eigenvalue weighted by atomic mass is 32.1. The summed E-state index contributed by atoms with van der Waals surface area (Å²) in [5, 5.41) is 5.41. The first kappa shape index (κ1) is 12.1. The SMILES string of the molecule is CN(C(=O)c1cc2sccc2s1)C1CCNCC1. The number of carbonyl (C=O) groups is 1. The number of carbonyl (C=O) groups excluding carboxylic acids is 1. The van der Waals surface area contributed by atoms with Gasteiger partial charge in [-0.05, 0) is 43.4 Å². The molecular weight excluding hydrogens is 264 g/mol. The maximum atomic E-state index is 12.4. The van der Waals surface area contributed by atoms with E-state index in [1.165, 1.54) is 9.40 Å². The van der Waals surface area contributed by atoms with Gasteiger partial charge in [0, 0.05) is 22.5 Å². The quantitative estimate of drug-likeness (QED) is 0.917. The van der Waals surface area contributed by atoms with Crippen LogP contribution in [-0.4, -0.2) is 37.0 Å². The Bertz CT molecular complexity index is 526. The molecule has 5 heteroatoms. The van der Waals surface area contributed by atoms with Gasteiger partial charge in [-0.15, -0.1) is 22.7 Å². The molecular formula is C13H16N2OS2. The molecule has 0 saturated carbocycles. The Kier molecular flexibility index (Phi) is 3.37. The summed E-state index contributed by atoms with van der Waals surface area (Å²) in [5.74, 6) is 0.176. The lowest BCUT2D eigenvalue weighted by Crippen LogP contribution is -2.43. The van der Waals surface area contributed by atoms with Crippen LogP contribution in [0.15, 0.2) is 17.5 Å². The summed E-state index contributed by atoms with van der Waals surface area (Å²) in [6.07, 6.45) is 2.12. The number of piperidine rings is 1. The second-order valence-electron chi connectivity index (χ2n) is 4.66. The Morgan fingerprint density at radius 2 is 2.17 bits per heavy atom. The lowest BCUT2D eigenvalue weighted by molar-refractivity contribution is 0.0708. The van der Waals surface area contributed by atoms with Crippen molar-refractivity contribution in [3.63, 3.8) is 0 Å². The van der Waals surface area contributed by atoms with Gasteiger partial charge in [-0.25, -0.2) is 0 Å². The summed E-state index contributed by atoms with van der Waals surface area (Å²) >= 11 is 3.31. The van der Waals surface area contributed by atoms with Crippen LogP contribution in [0.25, 0.3) is 9.40 Å². The lowest BCUT2D eigenvalue weighted by Gasteiger charge is -2.31. The van der Waals surface area contributed by atoms with Crippen molar-refractivity contribution in [2.75, 3.05) is 20.1 Å². The first-order valence-electron chi connectivity index (χ1n) is 6.20. The van der Waals surface area contributed by atoms with Crippen molar-refractivity contribution in [3.8, 4) is 0 Å². The summed E-state index contributed by atoms with van der Waals surface area (Å²) in [4.78, 5) is 15.2. The molecule has 3 rings (SSSR count). The Hall–Kier alpha value is -0.910. The van der Waals surface area contributed by atoms with Gasteiger partial charge in [-0.2, -0.15) is 0 Å². The van der Waals surface area contributed by atoms with E-state index < -0.39 is 0 Å². The summed E-state index contributed by atoms with van der Waals surface area (Å²) in [5.41, 5.74) is 0. The molecule has 0 atom stereocenters. The molecule has 1 aliphatic heterocycles. The normalized spacial score (nSPS) is 17.2. The highest BCUT2D eigenvalue weighted by molar-refractivity contribution is 7.27. The molecule has 1 N–H and O–H groups in total. The fourth-order valence-electron chi connectivity index (χ4n) is 2.40. The second-order valence-corrected chi connectivity index (χ2v) is 6.69. The summed E-state index contributed by atoms with van der Waals surface area (Å²) in [6, 6.07) is 4.51. The largest absolute Gasteiger partial charge is 0.338 e. The Morgan fingerprint density at radius 1 is 1.39 bits per heavy atom. The summed E-state index contributed by atoms with van der Waals surface area (Å²) < 4.78 is 2.45. The third-order valence-electron chi connectivity index (χ3n) is 3.53. The van der Waals surface area contributed by atoms with Crippen LogP contribution < -0.4 is 5.32 Å². The van der Waals surface area contributed by atoms with Crippen molar-refractivity contribution in [2.24, 2.45) is 0 Å². The van der Waals surface area contributed by atoms with E-state index in [2.05, 4.69) is 16.8 Å². The Morgan fingerprint density at radius 3 is 2.89 bits per heavy atom. The molecule has 0 unspecified atom stereocenters. The number of hydrogen-bond acceptors (Lipinski definition) is 4. The molecule has 0 aromatic carbocycles. The molecule has 0 bridgehead atoms. The standard InChI is InChI=1S/C13H16N2OS2/c1-15(9-2-5-14-6-3-9)13(16)12-8-11-10(18-12)4-7-17-11/h4,7-9,14H,2-3,5-6H2,1H3. The number of nitrogens with zero attached hydrogens (tertiary/aromatic N) is 1. The number of thiophene rings is 2. The zero-order chi connectivity index (χ0) is 12.5. The maximum absolute atomic E-state index is 12.4. The highest BCUT2D eigenvalue weighted by Gasteiger charge is 2.24. The van der Waals surface area contributed by atoms with E-state index in [0.717, 1.165) is 30.8 Å². The van der Waals surface area contributed by atoms with E-state index in [1.807, 2.05) is 18.0 Å². The molecule has 0 radical (unpaired) electrons. The van der Waals surface area contributed by atoms with Crippen LogP contribution in [-0.2, 0) is 0 Å². The van der Waals surface area contributed by atoms with Gasteiger partial charge >= 0.3 is 0 Å². The van der Waals surface area contributed by atoms with E-state index in [1.54, 1.807) is 22.7 Å². The van der Waals surface area contributed by atoms with Crippen molar-refractivity contribution >= 4 is 38.0 Å². The Balaban J connectivity index is 1.78. The first-order valence-corrected chi connectivity index (χ1v) is 7.90. The van der Waals surface area contributed by atoms with Crippen molar-refractivity contribution in [1.29, 1.82) is 0 Å². The predicted octanol–water partition coefficient (Wildman–Crippen LogP) is 2.79.